The SMILES string of the molecule is OCCNSc1ccc(C2=NNN(CC3CCC(F)(F)CC3)N2)cc1. The number of nitrogens with one attached hydrogen (secondary N) is 3. The Hall–Kier alpha value is -1.42. The maximum Gasteiger partial charge on any atom is 0.248 e. The van der Waals surface area contributed by atoms with Crippen LogP contribution in [-0.4, -0.2) is 41.7 Å². The Morgan fingerprint density at radius 1 is 1.28 bits per heavy atom. The van der Waals surface area contributed by atoms with E-state index in [1.807, 2.05) is 24.3 Å². The highest BCUT2D eigenvalue weighted by atomic mass is 32.2. The van der Waals surface area contributed by atoms with E-state index < -0.39 is 5.92 Å². The predicted molar refractivity (Wildman–Crippen MR) is 93.8 cm³/mol. The molecule has 0 amide bonds. The van der Waals surface area contributed by atoms with Crippen LogP contribution < -0.4 is 15.7 Å². The Bertz CT molecular complexity index is 589. The number of aliphatic hydroxyl groups excluding tert-OH is 1. The van der Waals surface area contributed by atoms with Gasteiger partial charge in [-0.1, -0.05) is 12.1 Å². The highest BCUT2D eigenvalue weighted by molar-refractivity contribution is 7.97. The van der Waals surface area contributed by atoms with Gasteiger partial charge in [0.2, 0.25) is 5.92 Å². The summed E-state index contributed by atoms with van der Waals surface area (Å²) in [6.07, 6.45) is 1.02. The van der Waals surface area contributed by atoms with Crippen LogP contribution in [0.5, 0.6) is 0 Å². The summed E-state index contributed by atoms with van der Waals surface area (Å²) in [5, 5.41) is 14.8. The maximum absolute atomic E-state index is 13.2. The lowest BCUT2D eigenvalue weighted by atomic mass is 9.87. The van der Waals surface area contributed by atoms with Gasteiger partial charge in [-0.2, -0.15) is 0 Å². The zero-order valence-corrected chi connectivity index (χ0v) is 14.7. The minimum absolute atomic E-state index is 0.0251. The Morgan fingerprint density at radius 3 is 2.68 bits per heavy atom. The van der Waals surface area contributed by atoms with E-state index in [0.29, 0.717) is 31.8 Å². The molecule has 0 spiro atoms. The summed E-state index contributed by atoms with van der Waals surface area (Å²) in [5.41, 5.74) is 7.02. The number of hydrogen-bond acceptors (Lipinski definition) is 7. The van der Waals surface area contributed by atoms with Crippen LogP contribution in [0, 0.1) is 5.92 Å². The number of hydrogen-bond donors (Lipinski definition) is 4. The molecule has 138 valence electrons. The molecule has 1 saturated carbocycles. The van der Waals surface area contributed by atoms with Crippen molar-refractivity contribution < 1.29 is 13.9 Å². The summed E-state index contributed by atoms with van der Waals surface area (Å²) in [6, 6.07) is 7.86. The Kier molecular flexibility index (Phi) is 6.10. The van der Waals surface area contributed by atoms with E-state index in [9.17, 15) is 8.78 Å². The molecule has 1 aliphatic carbocycles. The van der Waals surface area contributed by atoms with Gasteiger partial charge in [0.1, 0.15) is 0 Å². The molecule has 0 radical (unpaired) electrons. The molecule has 0 unspecified atom stereocenters. The Labute approximate surface area is 150 Å². The standard InChI is InChI=1S/C16H23F2N5OS/c17-16(18)7-5-12(6-8-16)11-23-21-15(20-22-23)13-1-3-14(4-2-13)25-19-9-10-24/h1-4,12,19,22,24H,5-11H2,(H,20,21). The monoisotopic (exact) mass is 371 g/mol. The van der Waals surface area contributed by atoms with Gasteiger partial charge >= 0.3 is 0 Å². The second-order valence-electron chi connectivity index (χ2n) is 6.33. The van der Waals surface area contributed by atoms with E-state index in [4.69, 9.17) is 5.11 Å². The zero-order valence-electron chi connectivity index (χ0n) is 13.8. The van der Waals surface area contributed by atoms with Crippen LogP contribution in [0.4, 0.5) is 8.78 Å². The summed E-state index contributed by atoms with van der Waals surface area (Å²) in [4.78, 5) is 1.05. The first kappa shape index (κ1) is 18.4. The molecule has 25 heavy (non-hydrogen) atoms. The van der Waals surface area contributed by atoms with Crippen LogP contribution in [0.2, 0.25) is 0 Å². The summed E-state index contributed by atoms with van der Waals surface area (Å²) >= 11 is 1.46. The van der Waals surface area contributed by atoms with Crippen molar-refractivity contribution in [1.82, 2.24) is 20.8 Å². The van der Waals surface area contributed by atoms with Crippen molar-refractivity contribution in [2.75, 3.05) is 19.7 Å². The van der Waals surface area contributed by atoms with Crippen molar-refractivity contribution in [2.45, 2.75) is 36.5 Å². The maximum atomic E-state index is 13.2. The summed E-state index contributed by atoms with van der Waals surface area (Å²) in [5.74, 6) is -1.54. The van der Waals surface area contributed by atoms with E-state index in [0.717, 1.165) is 10.5 Å². The quantitative estimate of drug-likeness (QED) is 0.435. The van der Waals surface area contributed by atoms with Gasteiger partial charge < -0.3 is 5.11 Å². The van der Waals surface area contributed by atoms with Crippen LogP contribution in [0.1, 0.15) is 31.2 Å². The largest absolute Gasteiger partial charge is 0.395 e. The fourth-order valence-corrected chi connectivity index (χ4v) is 3.54. The lowest BCUT2D eigenvalue weighted by Crippen LogP contribution is -2.45. The second kappa shape index (κ2) is 8.31. The number of hydrazine groups is 2. The first-order chi connectivity index (χ1) is 12.1. The molecule has 0 saturated heterocycles. The third kappa shape index (κ3) is 5.27. The molecule has 1 heterocycles. The fraction of sp³-hybridized carbons (Fsp3) is 0.562. The average Bonchev–Trinajstić information content (AvgIpc) is 3.06. The van der Waals surface area contributed by atoms with E-state index in [-0.39, 0.29) is 25.4 Å². The molecular formula is C16H23F2N5OS. The Morgan fingerprint density at radius 2 is 2.00 bits per heavy atom. The molecule has 1 fully saturated rings. The van der Waals surface area contributed by atoms with Gasteiger partial charge in [-0.15, -0.1) is 10.2 Å². The smallest absolute Gasteiger partial charge is 0.248 e. The molecule has 0 bridgehead atoms. The fourth-order valence-electron chi connectivity index (χ4n) is 2.91. The number of hydrazone groups is 1. The van der Waals surface area contributed by atoms with Crippen LogP contribution in [0.3, 0.4) is 0 Å². The zero-order chi connectivity index (χ0) is 17.7. The highest BCUT2D eigenvalue weighted by Crippen LogP contribution is 2.36. The van der Waals surface area contributed by atoms with Gasteiger partial charge in [0, 0.05) is 36.4 Å². The van der Waals surface area contributed by atoms with Crippen LogP contribution in [-0.2, 0) is 0 Å². The van der Waals surface area contributed by atoms with Crippen molar-refractivity contribution in [3.8, 4) is 0 Å². The van der Waals surface area contributed by atoms with Crippen LogP contribution in [0.15, 0.2) is 34.3 Å². The van der Waals surface area contributed by atoms with E-state index in [1.165, 1.54) is 11.9 Å². The topological polar surface area (TPSA) is 71.9 Å². The van der Waals surface area contributed by atoms with Crippen LogP contribution in [0.25, 0.3) is 0 Å². The number of alkyl halides is 2. The molecule has 0 aromatic heterocycles. The predicted octanol–water partition coefficient (Wildman–Crippen LogP) is 2.09. The van der Waals surface area contributed by atoms with E-state index in [1.54, 1.807) is 5.12 Å². The molecule has 4 N–H and O–H groups in total. The van der Waals surface area contributed by atoms with Crippen molar-refractivity contribution >= 4 is 17.8 Å². The molecule has 0 atom stereocenters. The molecule has 6 nitrogen and oxygen atoms in total. The number of aliphatic hydroxyl groups is 1. The van der Waals surface area contributed by atoms with E-state index in [2.05, 4.69) is 20.8 Å². The highest BCUT2D eigenvalue weighted by Gasteiger charge is 2.35. The van der Waals surface area contributed by atoms with Gasteiger partial charge in [-0.3, -0.25) is 10.1 Å². The number of rotatable bonds is 7. The molecule has 1 aromatic carbocycles. The lowest BCUT2D eigenvalue weighted by molar-refractivity contribution is -0.0511. The molecule has 9 heteroatoms. The van der Waals surface area contributed by atoms with Gasteiger partial charge in [0.15, 0.2) is 5.84 Å². The van der Waals surface area contributed by atoms with Crippen molar-refractivity contribution in [2.24, 2.45) is 11.0 Å². The average molecular weight is 371 g/mol. The first-order valence-electron chi connectivity index (χ1n) is 8.42. The van der Waals surface area contributed by atoms with Gasteiger partial charge in [-0.25, -0.2) is 14.3 Å². The van der Waals surface area contributed by atoms with Gasteiger partial charge in [0.05, 0.1) is 6.61 Å². The third-order valence-electron chi connectivity index (χ3n) is 4.33. The van der Waals surface area contributed by atoms with Crippen molar-refractivity contribution in [1.29, 1.82) is 0 Å². The minimum atomic E-state index is -2.49. The molecule has 1 aliphatic heterocycles. The minimum Gasteiger partial charge on any atom is -0.395 e. The third-order valence-corrected chi connectivity index (χ3v) is 5.19. The van der Waals surface area contributed by atoms with Gasteiger partial charge in [0.25, 0.3) is 0 Å². The molecule has 2 aliphatic rings. The number of benzene rings is 1. The number of amidine groups is 1. The number of halogens is 2. The van der Waals surface area contributed by atoms with Crippen LogP contribution >= 0.6 is 11.9 Å². The first-order valence-corrected chi connectivity index (χ1v) is 9.24. The summed E-state index contributed by atoms with van der Waals surface area (Å²) in [6.45, 7) is 1.28. The Balaban J connectivity index is 1.46. The van der Waals surface area contributed by atoms with Gasteiger partial charge in [-0.05, 0) is 42.8 Å². The lowest BCUT2D eigenvalue weighted by Gasteiger charge is -2.30. The van der Waals surface area contributed by atoms with Crippen molar-refractivity contribution in [3.63, 3.8) is 0 Å². The summed E-state index contributed by atoms with van der Waals surface area (Å²) in [7, 11) is 0. The van der Waals surface area contributed by atoms with E-state index >= 15 is 0 Å². The molecule has 1 aromatic rings. The second-order valence-corrected chi connectivity index (χ2v) is 7.29. The summed E-state index contributed by atoms with van der Waals surface area (Å²) < 4.78 is 29.5. The molecule has 3 rings (SSSR count). The number of nitrogens with zero attached hydrogens (tertiary/aromatic N) is 2. The van der Waals surface area contributed by atoms with Crippen molar-refractivity contribution in [3.05, 3.63) is 29.8 Å². The normalized spacial score (nSPS) is 20.8. The molecular weight excluding hydrogens is 348 g/mol.